The highest BCUT2D eigenvalue weighted by Crippen LogP contribution is 2.25. The number of likely N-dealkylation sites (tertiary alicyclic amines) is 2. The van der Waals surface area contributed by atoms with Gasteiger partial charge in [0.1, 0.15) is 90.6 Å². The summed E-state index contributed by atoms with van der Waals surface area (Å²) in [6, 6.07) is -2.13. The third kappa shape index (κ3) is 38.2. The molecule has 131 heavy (non-hydrogen) atoms. The maximum Gasteiger partial charge on any atom is 0.245 e. The standard InChI is InChI=1S/C93H153N19O19/c1-18-57(15)76(109-85(123)68(43-54(9)10)102-82(120)67(42-53(7)8)104-89(127)74-36-29-39-112(74)92(130)69(44-55(11)12)105-80(118)62(95)46-60-30-22-20-23-31-60)90(128)97-48-75(115)98-59(17)79(117)101-65(40-51(3)4)84(122)107-72(50-114)87(125)108-71(49-113)86(124)103-66(41-52(5)6)83(121)106-70(45-56(13)14)93(131)111-38-28-35-73(111)88(126)99-63(34-26-27-37-94)81(119)110-77(58(16)19-2)91(129)100-64(78(96)116)47-61-32-24-21-25-33-61/h20-25,30-33,51-59,62-74,76-77,113-114H,18-19,26-29,34-50,94-95H2,1-17H3,(H2,96,116)(H,97,128)(H,98,115)(H,99,126)(H,100,129)(H,101,117)(H,102,120)(H,103,124)(H,104,127)(H,105,118)(H,106,121)(H,107,122)(H,108,125)(H,109,123)(H,110,119)/t57-,58-,59-,62-,63-,64-,65-,66-,67-,68-,69-,70-,71-,72-,73-,74-,76-,77-/m0/s1. The van der Waals surface area contributed by atoms with Crippen molar-refractivity contribution in [2.45, 2.75) is 324 Å². The van der Waals surface area contributed by atoms with Crippen LogP contribution in [-0.4, -0.2) is 256 Å². The van der Waals surface area contributed by atoms with Crippen LogP contribution in [0.2, 0.25) is 0 Å². The van der Waals surface area contributed by atoms with Crippen LogP contribution in [0.3, 0.4) is 0 Å². The van der Waals surface area contributed by atoms with E-state index < -0.39 is 229 Å². The number of carbonyl (C=O) groups excluding carboxylic acids is 17. The SMILES string of the molecule is CC[C@H](C)[C@H](NC(=O)[C@H](CC(C)C)NC(=O)[C@H](CC(C)C)NC(=O)[C@@H]1CCCN1C(=O)[C@H](CC(C)C)NC(=O)[C@@H](N)Cc1ccccc1)C(=O)NCC(=O)N[C@@H](C)C(=O)N[C@@H](CC(C)C)C(=O)N[C@@H](CO)C(=O)N[C@@H](CO)C(=O)N[C@@H](CC(C)C)C(=O)N[C@@H](CC(C)C)C(=O)N1CCC[C@H]1C(=O)N[C@@H](CCCCN)C(=O)N[C@H](C(=O)N[C@@H](Cc1ccccc1)C(N)=O)[C@@H](C)CC. The summed E-state index contributed by atoms with van der Waals surface area (Å²) in [6.07, 6.45) is 3.88. The molecule has 2 aliphatic heterocycles. The van der Waals surface area contributed by atoms with Gasteiger partial charge in [0.2, 0.25) is 100 Å². The molecule has 2 aromatic rings. The first-order valence-corrected chi connectivity index (χ1v) is 46.7. The van der Waals surface area contributed by atoms with E-state index in [1.54, 1.807) is 92.6 Å². The molecule has 0 aliphatic carbocycles. The summed E-state index contributed by atoms with van der Waals surface area (Å²) in [6.45, 7) is 27.8. The maximum absolute atomic E-state index is 14.8. The van der Waals surface area contributed by atoms with Gasteiger partial charge in [-0.1, -0.05) is 184 Å². The summed E-state index contributed by atoms with van der Waals surface area (Å²) in [5.41, 5.74) is 19.5. The zero-order chi connectivity index (χ0) is 98.2. The number of rotatable bonds is 57. The van der Waals surface area contributed by atoms with Crippen molar-refractivity contribution < 1.29 is 91.7 Å². The number of primary amides is 1. The highest BCUT2D eigenvalue weighted by molar-refractivity contribution is 6.01. The molecule has 2 aliphatic rings. The molecule has 0 saturated carbocycles. The molecule has 2 saturated heterocycles. The van der Waals surface area contributed by atoms with Gasteiger partial charge in [-0.3, -0.25) is 81.5 Å². The molecule has 17 amide bonds. The first-order valence-electron chi connectivity index (χ1n) is 46.7. The fourth-order valence-electron chi connectivity index (χ4n) is 15.7. The van der Waals surface area contributed by atoms with Gasteiger partial charge in [0.15, 0.2) is 0 Å². The van der Waals surface area contributed by atoms with Gasteiger partial charge in [-0.05, 0) is 162 Å². The minimum atomic E-state index is -1.81. The average molecular weight is 1840 g/mol. The van der Waals surface area contributed by atoms with E-state index in [0.29, 0.717) is 38.5 Å². The lowest BCUT2D eigenvalue weighted by Gasteiger charge is -2.32. The Morgan fingerprint density at radius 1 is 0.374 bits per heavy atom. The topological polar surface area (TPSA) is 584 Å². The number of benzene rings is 2. The van der Waals surface area contributed by atoms with Crippen molar-refractivity contribution in [3.63, 3.8) is 0 Å². The van der Waals surface area contributed by atoms with E-state index in [1.807, 2.05) is 78.8 Å². The monoisotopic (exact) mass is 1840 g/mol. The number of carbonyl (C=O) groups is 17. The molecule has 18 atom stereocenters. The van der Waals surface area contributed by atoms with Gasteiger partial charge in [-0.15, -0.1) is 0 Å². The zero-order valence-electron chi connectivity index (χ0n) is 79.9. The van der Waals surface area contributed by atoms with Gasteiger partial charge in [0.25, 0.3) is 0 Å². The molecule has 0 aromatic heterocycles. The van der Waals surface area contributed by atoms with Crippen LogP contribution in [0, 0.1) is 47.3 Å². The van der Waals surface area contributed by atoms with Crippen LogP contribution in [0.15, 0.2) is 60.7 Å². The number of nitrogens with zero attached hydrogens (tertiary/aromatic N) is 2. The number of hydrogen-bond acceptors (Lipinski definition) is 21. The van der Waals surface area contributed by atoms with Crippen molar-refractivity contribution in [2.75, 3.05) is 39.4 Å². The Morgan fingerprint density at radius 3 is 1.09 bits per heavy atom. The zero-order valence-corrected chi connectivity index (χ0v) is 79.9. The van der Waals surface area contributed by atoms with E-state index in [2.05, 4.69) is 74.4 Å². The van der Waals surface area contributed by atoms with E-state index in [0.717, 1.165) is 11.1 Å². The van der Waals surface area contributed by atoms with E-state index in [-0.39, 0.29) is 126 Å². The lowest BCUT2D eigenvalue weighted by atomic mass is 9.96. The molecular formula is C93H153N19O19. The van der Waals surface area contributed by atoms with E-state index in [1.165, 1.54) is 16.7 Å². The number of nitrogens with two attached hydrogens (primary N) is 3. The Hall–Kier alpha value is -10.7. The van der Waals surface area contributed by atoms with Crippen LogP contribution in [0.25, 0.3) is 0 Å². The largest absolute Gasteiger partial charge is 0.394 e. The molecular weight excluding hydrogens is 1690 g/mol. The highest BCUT2D eigenvalue weighted by Gasteiger charge is 2.44. The van der Waals surface area contributed by atoms with Gasteiger partial charge in [0, 0.05) is 19.5 Å². The smallest absolute Gasteiger partial charge is 0.245 e. The molecule has 2 aromatic carbocycles. The van der Waals surface area contributed by atoms with Gasteiger partial charge < -0.3 is 112 Å². The quantitative estimate of drug-likeness (QED) is 0.0393. The number of aliphatic hydroxyl groups is 2. The molecule has 0 spiro atoms. The number of aliphatic hydroxyl groups excluding tert-OH is 2. The van der Waals surface area contributed by atoms with Crippen LogP contribution in [-0.2, 0) is 94.3 Å². The number of unbranched alkanes of at least 4 members (excludes halogenated alkanes) is 1. The summed E-state index contributed by atoms with van der Waals surface area (Å²) in [7, 11) is 0. The van der Waals surface area contributed by atoms with E-state index in [4.69, 9.17) is 17.2 Å². The summed E-state index contributed by atoms with van der Waals surface area (Å²) < 4.78 is 0. The Bertz CT molecular complexity index is 4080. The predicted octanol–water partition coefficient (Wildman–Crippen LogP) is 0.187. The van der Waals surface area contributed by atoms with Crippen molar-refractivity contribution >= 4 is 100 Å². The van der Waals surface area contributed by atoms with Crippen LogP contribution in [0.4, 0.5) is 0 Å². The number of hydrogen-bond donors (Lipinski definition) is 19. The molecule has 4 rings (SSSR count). The van der Waals surface area contributed by atoms with Crippen molar-refractivity contribution in [1.29, 1.82) is 0 Å². The Morgan fingerprint density at radius 2 is 0.702 bits per heavy atom. The average Bonchev–Trinajstić information content (AvgIpc) is 1.70. The first-order chi connectivity index (χ1) is 61.8. The van der Waals surface area contributed by atoms with Gasteiger partial charge in [-0.25, -0.2) is 0 Å². The fourth-order valence-corrected chi connectivity index (χ4v) is 15.7. The summed E-state index contributed by atoms with van der Waals surface area (Å²) in [5, 5.41) is 58.2. The second-order valence-electron chi connectivity index (χ2n) is 37.6. The fraction of sp³-hybridized carbons (Fsp3) is 0.688. The van der Waals surface area contributed by atoms with Crippen LogP contribution >= 0.6 is 0 Å². The van der Waals surface area contributed by atoms with Crippen molar-refractivity contribution in [3.05, 3.63) is 71.8 Å². The van der Waals surface area contributed by atoms with Crippen LogP contribution in [0.1, 0.15) is 225 Å². The summed E-state index contributed by atoms with van der Waals surface area (Å²) >= 11 is 0. The molecule has 0 bridgehead atoms. The lowest BCUT2D eigenvalue weighted by molar-refractivity contribution is -0.143. The maximum atomic E-state index is 14.8. The predicted molar refractivity (Wildman–Crippen MR) is 493 cm³/mol. The van der Waals surface area contributed by atoms with Gasteiger partial charge in [-0.2, -0.15) is 0 Å². The van der Waals surface area contributed by atoms with Crippen molar-refractivity contribution in [2.24, 2.45) is 64.5 Å². The minimum absolute atomic E-state index is 0.0309. The normalized spacial score (nSPS) is 17.5. The second kappa shape index (κ2) is 56.9. The Labute approximate surface area is 772 Å². The molecule has 2 fully saturated rings. The molecule has 38 heteroatoms. The van der Waals surface area contributed by atoms with Crippen molar-refractivity contribution in [3.8, 4) is 0 Å². The molecule has 734 valence electrons. The van der Waals surface area contributed by atoms with Gasteiger partial charge >= 0.3 is 0 Å². The third-order valence-corrected chi connectivity index (χ3v) is 23.2. The Kier molecular flexibility index (Phi) is 48.9. The highest BCUT2D eigenvalue weighted by atomic mass is 16.3. The molecule has 38 nitrogen and oxygen atoms in total. The molecule has 0 radical (unpaired) electrons. The second-order valence-corrected chi connectivity index (χ2v) is 37.6. The minimum Gasteiger partial charge on any atom is -0.394 e. The van der Waals surface area contributed by atoms with E-state index in [9.17, 15) is 91.7 Å². The first kappa shape index (κ1) is 113. The number of nitrogens with one attached hydrogen (secondary N) is 14. The van der Waals surface area contributed by atoms with Crippen LogP contribution in [0.5, 0.6) is 0 Å². The van der Waals surface area contributed by atoms with Crippen molar-refractivity contribution in [1.82, 2.24) is 84.2 Å². The van der Waals surface area contributed by atoms with Gasteiger partial charge in [0.05, 0.1) is 25.8 Å². The molecule has 2 heterocycles. The molecule has 22 N–H and O–H groups in total. The number of amides is 17. The third-order valence-electron chi connectivity index (χ3n) is 23.2. The summed E-state index contributed by atoms with van der Waals surface area (Å²) in [5.74, 6) is -15.2. The Balaban J connectivity index is 1.40. The lowest BCUT2D eigenvalue weighted by Crippen LogP contribution is -2.61. The molecule has 0 unspecified atom stereocenters. The van der Waals surface area contributed by atoms with E-state index >= 15 is 0 Å². The van der Waals surface area contributed by atoms with Crippen LogP contribution < -0.4 is 91.6 Å². The summed E-state index contributed by atoms with van der Waals surface area (Å²) in [4.78, 5) is 242.